The molecular weight excluding hydrogens is 350 g/mol. The van der Waals surface area contributed by atoms with E-state index in [0.717, 1.165) is 11.3 Å². The molecule has 1 aromatic heterocycles. The number of sulfonamides is 1. The number of ether oxygens (including phenoxy) is 1. The highest BCUT2D eigenvalue weighted by atomic mass is 32.2. The summed E-state index contributed by atoms with van der Waals surface area (Å²) in [5, 5.41) is 0.178. The van der Waals surface area contributed by atoms with E-state index in [2.05, 4.69) is 9.71 Å². The summed E-state index contributed by atoms with van der Waals surface area (Å²) in [6.07, 6.45) is 0. The SMILES string of the molecule is Cc1nc(NS(=O)(=O)CCOc2ccccc2)sc1C(=O)N(C)C. The van der Waals surface area contributed by atoms with E-state index in [1.165, 1.54) is 4.90 Å². The van der Waals surface area contributed by atoms with Crippen LogP contribution in [0, 0.1) is 6.92 Å². The van der Waals surface area contributed by atoms with Crippen molar-refractivity contribution in [3.8, 4) is 5.75 Å². The molecule has 0 aliphatic carbocycles. The van der Waals surface area contributed by atoms with Crippen LogP contribution in [0.15, 0.2) is 30.3 Å². The number of thiazole rings is 1. The van der Waals surface area contributed by atoms with Gasteiger partial charge in [0, 0.05) is 14.1 Å². The molecule has 0 saturated carbocycles. The van der Waals surface area contributed by atoms with Crippen LogP contribution >= 0.6 is 11.3 Å². The Bertz CT molecular complexity index is 801. The van der Waals surface area contributed by atoms with E-state index in [1.54, 1.807) is 33.2 Å². The largest absolute Gasteiger partial charge is 0.492 e. The Kier molecular flexibility index (Phi) is 5.79. The van der Waals surface area contributed by atoms with Crippen LogP contribution in [0.1, 0.15) is 15.4 Å². The Morgan fingerprint density at radius 2 is 1.96 bits per heavy atom. The molecule has 1 amide bonds. The molecule has 0 aliphatic rings. The minimum atomic E-state index is -3.61. The minimum absolute atomic E-state index is 0.0210. The van der Waals surface area contributed by atoms with Gasteiger partial charge < -0.3 is 9.64 Å². The third kappa shape index (κ3) is 4.93. The fourth-order valence-electron chi connectivity index (χ4n) is 1.81. The number of amides is 1. The van der Waals surface area contributed by atoms with E-state index in [-0.39, 0.29) is 23.4 Å². The summed E-state index contributed by atoms with van der Waals surface area (Å²) < 4.78 is 32.0. The second-order valence-corrected chi connectivity index (χ2v) is 8.06. The van der Waals surface area contributed by atoms with Crippen molar-refractivity contribution in [3.63, 3.8) is 0 Å². The Balaban J connectivity index is 1.96. The number of rotatable bonds is 7. The van der Waals surface area contributed by atoms with Crippen LogP contribution in [0.5, 0.6) is 5.75 Å². The molecule has 0 saturated heterocycles. The molecule has 2 aromatic rings. The van der Waals surface area contributed by atoms with Crippen molar-refractivity contribution >= 4 is 32.4 Å². The molecule has 0 radical (unpaired) electrons. The van der Waals surface area contributed by atoms with Crippen molar-refractivity contribution in [2.24, 2.45) is 0 Å². The summed E-state index contributed by atoms with van der Waals surface area (Å²) in [6, 6.07) is 8.97. The Hall–Kier alpha value is -2.13. The first-order chi connectivity index (χ1) is 11.3. The van der Waals surface area contributed by atoms with Crippen LogP contribution in [0.2, 0.25) is 0 Å². The van der Waals surface area contributed by atoms with Crippen LogP contribution in [0.4, 0.5) is 5.13 Å². The molecule has 0 atom stereocenters. The van der Waals surface area contributed by atoms with Crippen LogP contribution < -0.4 is 9.46 Å². The predicted molar refractivity (Wildman–Crippen MR) is 94.2 cm³/mol. The lowest BCUT2D eigenvalue weighted by molar-refractivity contribution is 0.0831. The molecule has 2 rings (SSSR count). The van der Waals surface area contributed by atoms with Crippen LogP contribution in [0.25, 0.3) is 0 Å². The first-order valence-corrected chi connectivity index (χ1v) is 9.63. The molecule has 130 valence electrons. The Morgan fingerprint density at radius 1 is 1.29 bits per heavy atom. The van der Waals surface area contributed by atoms with Gasteiger partial charge in [0.1, 0.15) is 23.0 Å². The van der Waals surface area contributed by atoms with E-state index >= 15 is 0 Å². The number of benzene rings is 1. The van der Waals surface area contributed by atoms with Gasteiger partial charge in [-0.3, -0.25) is 9.52 Å². The smallest absolute Gasteiger partial charge is 0.265 e. The summed E-state index contributed by atoms with van der Waals surface area (Å²) in [7, 11) is -0.344. The van der Waals surface area contributed by atoms with Crippen LogP contribution in [-0.4, -0.2) is 50.7 Å². The van der Waals surface area contributed by atoms with Crippen molar-refractivity contribution < 1.29 is 17.9 Å². The van der Waals surface area contributed by atoms with Crippen LogP contribution in [-0.2, 0) is 10.0 Å². The number of para-hydroxylation sites is 1. The van der Waals surface area contributed by atoms with Crippen molar-refractivity contribution in [2.75, 3.05) is 31.2 Å². The monoisotopic (exact) mass is 369 g/mol. The summed E-state index contributed by atoms with van der Waals surface area (Å²) in [5.74, 6) is 0.192. The zero-order valence-corrected chi connectivity index (χ0v) is 15.3. The molecule has 7 nitrogen and oxygen atoms in total. The van der Waals surface area contributed by atoms with E-state index in [4.69, 9.17) is 4.74 Å². The lowest BCUT2D eigenvalue weighted by Crippen LogP contribution is -2.21. The molecule has 0 unspecified atom stereocenters. The number of nitrogens with zero attached hydrogens (tertiary/aromatic N) is 2. The fourth-order valence-corrected chi connectivity index (χ4v) is 3.91. The van der Waals surface area contributed by atoms with E-state index in [0.29, 0.717) is 16.3 Å². The lowest BCUT2D eigenvalue weighted by Gasteiger charge is -2.08. The minimum Gasteiger partial charge on any atom is -0.492 e. The number of hydrogen-bond acceptors (Lipinski definition) is 6. The Morgan fingerprint density at radius 3 is 2.58 bits per heavy atom. The van der Waals surface area contributed by atoms with Gasteiger partial charge in [-0.2, -0.15) is 0 Å². The maximum absolute atomic E-state index is 12.1. The molecule has 0 fully saturated rings. The highest BCUT2D eigenvalue weighted by Gasteiger charge is 2.20. The molecule has 1 heterocycles. The first-order valence-electron chi connectivity index (χ1n) is 7.16. The number of nitrogens with one attached hydrogen (secondary N) is 1. The second kappa shape index (κ2) is 7.63. The standard InChI is InChI=1S/C15H19N3O4S2/c1-11-13(14(19)18(2)3)23-15(16-11)17-24(20,21)10-9-22-12-7-5-4-6-8-12/h4-8H,9-10H2,1-3H3,(H,16,17). The van der Waals surface area contributed by atoms with Crippen molar-refractivity contribution in [2.45, 2.75) is 6.92 Å². The van der Waals surface area contributed by atoms with Gasteiger partial charge in [0.2, 0.25) is 10.0 Å². The van der Waals surface area contributed by atoms with Crippen molar-refractivity contribution in [3.05, 3.63) is 40.9 Å². The summed E-state index contributed by atoms with van der Waals surface area (Å²) in [4.78, 5) is 17.9. The number of aromatic nitrogens is 1. The van der Waals surface area contributed by atoms with Gasteiger partial charge in [0.15, 0.2) is 5.13 Å². The average Bonchev–Trinajstić information content (AvgIpc) is 2.86. The summed E-state index contributed by atoms with van der Waals surface area (Å²) in [6.45, 7) is 1.69. The van der Waals surface area contributed by atoms with Gasteiger partial charge in [-0.1, -0.05) is 29.5 Å². The number of carbonyl (C=O) groups excluding carboxylic acids is 1. The van der Waals surface area contributed by atoms with E-state index < -0.39 is 10.0 Å². The number of carbonyl (C=O) groups is 1. The zero-order valence-electron chi connectivity index (χ0n) is 13.6. The molecule has 0 spiro atoms. The van der Waals surface area contributed by atoms with Crippen molar-refractivity contribution in [1.29, 1.82) is 0 Å². The maximum atomic E-state index is 12.1. The average molecular weight is 369 g/mol. The number of anilines is 1. The second-order valence-electron chi connectivity index (χ2n) is 5.22. The highest BCUT2D eigenvalue weighted by molar-refractivity contribution is 7.92. The Labute approximate surface area is 145 Å². The molecule has 24 heavy (non-hydrogen) atoms. The normalized spacial score (nSPS) is 11.1. The number of aryl methyl sites for hydroxylation is 1. The molecule has 1 aromatic carbocycles. The third-order valence-corrected chi connectivity index (χ3v) is 5.40. The predicted octanol–water partition coefficient (Wildman–Crippen LogP) is 1.97. The first kappa shape index (κ1) is 18.2. The quantitative estimate of drug-likeness (QED) is 0.806. The molecule has 9 heteroatoms. The highest BCUT2D eigenvalue weighted by Crippen LogP contribution is 2.24. The lowest BCUT2D eigenvalue weighted by atomic mass is 10.3. The van der Waals surface area contributed by atoms with Crippen LogP contribution in [0.3, 0.4) is 0 Å². The van der Waals surface area contributed by atoms with E-state index in [9.17, 15) is 13.2 Å². The molecule has 0 bridgehead atoms. The maximum Gasteiger partial charge on any atom is 0.265 e. The van der Waals surface area contributed by atoms with Gasteiger partial charge in [0.05, 0.1) is 5.69 Å². The molecule has 1 N–H and O–H groups in total. The third-order valence-electron chi connectivity index (χ3n) is 3.00. The molecule has 0 aliphatic heterocycles. The van der Waals surface area contributed by atoms with Crippen molar-refractivity contribution in [1.82, 2.24) is 9.88 Å². The van der Waals surface area contributed by atoms with Gasteiger partial charge in [-0.25, -0.2) is 13.4 Å². The summed E-state index contributed by atoms with van der Waals surface area (Å²) >= 11 is 1.02. The fraction of sp³-hybridized carbons (Fsp3) is 0.333. The van der Waals surface area contributed by atoms with E-state index in [1.807, 2.05) is 18.2 Å². The van der Waals surface area contributed by atoms with Gasteiger partial charge in [-0.15, -0.1) is 0 Å². The zero-order chi connectivity index (χ0) is 17.7. The van der Waals surface area contributed by atoms with Gasteiger partial charge in [-0.05, 0) is 19.1 Å². The molecular formula is C15H19N3O4S2. The topological polar surface area (TPSA) is 88.6 Å². The van der Waals surface area contributed by atoms with Gasteiger partial charge >= 0.3 is 0 Å². The number of hydrogen-bond donors (Lipinski definition) is 1. The summed E-state index contributed by atoms with van der Waals surface area (Å²) in [5.41, 5.74) is 0.497. The van der Waals surface area contributed by atoms with Gasteiger partial charge in [0.25, 0.3) is 5.91 Å².